The van der Waals surface area contributed by atoms with Crippen molar-refractivity contribution in [3.63, 3.8) is 0 Å². The van der Waals surface area contributed by atoms with Gasteiger partial charge in [-0.15, -0.1) is 0 Å². The molecule has 2 aromatic rings. The van der Waals surface area contributed by atoms with Gasteiger partial charge in [-0.05, 0) is 30.9 Å². The van der Waals surface area contributed by atoms with Gasteiger partial charge in [0.15, 0.2) is 0 Å². The largest absolute Gasteiger partial charge is 0.496 e. The molecule has 0 saturated carbocycles. The molecule has 0 bridgehead atoms. The molecule has 0 aromatic heterocycles. The Morgan fingerprint density at radius 3 is 2.68 bits per heavy atom. The lowest BCUT2D eigenvalue weighted by atomic mass is 9.68. The van der Waals surface area contributed by atoms with Crippen molar-refractivity contribution in [1.29, 1.82) is 0 Å². The number of ether oxygens (including phenoxy) is 2. The molecule has 0 aliphatic carbocycles. The number of para-hydroxylation sites is 1. The molecule has 2 N–H and O–H groups in total. The zero-order valence-electron chi connectivity index (χ0n) is 17.3. The zero-order valence-corrected chi connectivity index (χ0v) is 17.3. The van der Waals surface area contributed by atoms with E-state index in [1.807, 2.05) is 18.2 Å². The Morgan fingerprint density at radius 2 is 1.93 bits per heavy atom. The van der Waals surface area contributed by atoms with Crippen LogP contribution in [0.25, 0.3) is 0 Å². The summed E-state index contributed by atoms with van der Waals surface area (Å²) < 4.78 is 25.7. The molecule has 2 aromatic carbocycles. The molecule has 28 heavy (non-hydrogen) atoms. The number of hydrogen-bond donors (Lipinski definition) is 1. The van der Waals surface area contributed by atoms with Crippen LogP contribution in [0.1, 0.15) is 44.2 Å². The van der Waals surface area contributed by atoms with E-state index < -0.39 is 0 Å². The number of benzene rings is 2. The Labute approximate surface area is 168 Å². The van der Waals surface area contributed by atoms with Gasteiger partial charge in [0.25, 0.3) is 0 Å². The van der Waals surface area contributed by atoms with E-state index in [0.29, 0.717) is 12.5 Å². The van der Waals surface area contributed by atoms with Crippen molar-refractivity contribution in [2.24, 2.45) is 5.92 Å². The summed E-state index contributed by atoms with van der Waals surface area (Å²) in [6, 6.07) is 15.4. The van der Waals surface area contributed by atoms with Gasteiger partial charge in [0.2, 0.25) is 0 Å². The van der Waals surface area contributed by atoms with E-state index in [2.05, 4.69) is 37.4 Å². The number of methoxy groups -OCH3 is 1. The average Bonchev–Trinajstić information content (AvgIpc) is 2.72. The monoisotopic (exact) mass is 386 g/mol. The number of nitrogens with two attached hydrogens (primary N) is 1. The summed E-state index contributed by atoms with van der Waals surface area (Å²) in [5, 5.41) is 2.22. The van der Waals surface area contributed by atoms with Gasteiger partial charge in [-0.1, -0.05) is 50.2 Å². The fourth-order valence-electron chi connectivity index (χ4n) is 4.37. The van der Waals surface area contributed by atoms with E-state index >= 15 is 0 Å². The lowest BCUT2D eigenvalue weighted by Crippen LogP contribution is -2.83. The Bertz CT molecular complexity index is 764. The second-order valence-corrected chi connectivity index (χ2v) is 8.21. The summed E-state index contributed by atoms with van der Waals surface area (Å²) in [6.07, 6.45) is 3.27. The molecule has 1 aliphatic rings. The normalized spacial score (nSPS) is 22.4. The molecule has 1 aliphatic heterocycles. The fourth-order valence-corrected chi connectivity index (χ4v) is 4.37. The van der Waals surface area contributed by atoms with Crippen molar-refractivity contribution in [3.05, 3.63) is 65.5 Å². The van der Waals surface area contributed by atoms with Crippen LogP contribution in [0, 0.1) is 11.7 Å². The van der Waals surface area contributed by atoms with Crippen LogP contribution in [0.2, 0.25) is 0 Å². The van der Waals surface area contributed by atoms with Crippen molar-refractivity contribution in [3.8, 4) is 5.75 Å². The third-order valence-electron chi connectivity index (χ3n) is 6.08. The van der Waals surface area contributed by atoms with Crippen LogP contribution >= 0.6 is 0 Å². The third-order valence-corrected chi connectivity index (χ3v) is 6.08. The van der Waals surface area contributed by atoms with E-state index in [1.54, 1.807) is 13.2 Å². The molecule has 3 rings (SSSR count). The second-order valence-electron chi connectivity index (χ2n) is 8.21. The maximum absolute atomic E-state index is 13.9. The first-order chi connectivity index (χ1) is 13.6. The van der Waals surface area contributed by atoms with Gasteiger partial charge in [-0.2, -0.15) is 0 Å². The van der Waals surface area contributed by atoms with Gasteiger partial charge in [-0.25, -0.2) is 4.39 Å². The Kier molecular flexibility index (Phi) is 7.08. The minimum Gasteiger partial charge on any atom is -0.496 e. The highest BCUT2D eigenvalue weighted by Gasteiger charge is 2.41. The summed E-state index contributed by atoms with van der Waals surface area (Å²) in [7, 11) is 1.75. The molecule has 3 nitrogen and oxygen atoms in total. The quantitative estimate of drug-likeness (QED) is 0.695. The molecule has 1 heterocycles. The Balaban J connectivity index is 1.76. The van der Waals surface area contributed by atoms with Crippen LogP contribution in [0.4, 0.5) is 4.39 Å². The SMILES string of the molecule is COc1ccccc1[C@@]1(CC[NH2+]Cc2ccccc2F)CCO[C@H](C(C)C)C1. The van der Waals surface area contributed by atoms with Crippen LogP contribution in [0.15, 0.2) is 48.5 Å². The molecular formula is C24H33FNO2+. The highest BCUT2D eigenvalue weighted by Crippen LogP contribution is 2.44. The van der Waals surface area contributed by atoms with E-state index in [4.69, 9.17) is 9.47 Å². The topological polar surface area (TPSA) is 35.1 Å². The average molecular weight is 387 g/mol. The van der Waals surface area contributed by atoms with Gasteiger partial charge >= 0.3 is 0 Å². The van der Waals surface area contributed by atoms with Gasteiger partial charge < -0.3 is 14.8 Å². The molecule has 1 saturated heterocycles. The van der Waals surface area contributed by atoms with Crippen molar-refractivity contribution in [2.45, 2.75) is 51.2 Å². The molecular weight excluding hydrogens is 353 g/mol. The zero-order chi connectivity index (χ0) is 20.0. The predicted octanol–water partition coefficient (Wildman–Crippen LogP) is 4.06. The molecule has 1 fully saturated rings. The first-order valence-corrected chi connectivity index (χ1v) is 10.4. The smallest absolute Gasteiger partial charge is 0.132 e. The maximum atomic E-state index is 13.9. The Morgan fingerprint density at radius 1 is 1.18 bits per heavy atom. The number of quaternary nitrogens is 1. The van der Waals surface area contributed by atoms with Gasteiger partial charge in [0, 0.05) is 29.6 Å². The van der Waals surface area contributed by atoms with Gasteiger partial charge in [0.05, 0.1) is 19.8 Å². The molecule has 2 atom stereocenters. The summed E-state index contributed by atoms with van der Waals surface area (Å²) in [5.41, 5.74) is 2.08. The van der Waals surface area contributed by atoms with E-state index in [-0.39, 0.29) is 17.3 Å². The Hall–Kier alpha value is -1.91. The minimum atomic E-state index is -0.121. The summed E-state index contributed by atoms with van der Waals surface area (Å²) >= 11 is 0. The standard InChI is InChI=1S/C24H32FNO2/c1-18(2)23-16-24(13-15-28-23,20-9-5-7-11-22(20)27-3)12-14-26-17-19-8-4-6-10-21(19)25/h4-11,18,23,26H,12-17H2,1-3H3/p+1/t23-,24-/m0/s1. The molecule has 152 valence electrons. The van der Waals surface area contributed by atoms with Gasteiger partial charge in [0.1, 0.15) is 18.1 Å². The van der Waals surface area contributed by atoms with E-state index in [1.165, 1.54) is 11.6 Å². The molecule has 0 radical (unpaired) electrons. The minimum absolute atomic E-state index is 0.0333. The van der Waals surface area contributed by atoms with Gasteiger partial charge in [-0.3, -0.25) is 0 Å². The lowest BCUT2D eigenvalue weighted by Gasteiger charge is -2.43. The molecule has 0 amide bonds. The van der Waals surface area contributed by atoms with Crippen LogP contribution in [0.3, 0.4) is 0 Å². The van der Waals surface area contributed by atoms with Crippen LogP contribution in [-0.4, -0.2) is 26.4 Å². The number of halogens is 1. The van der Waals surface area contributed by atoms with Crippen molar-refractivity contribution in [2.75, 3.05) is 20.3 Å². The molecule has 0 spiro atoms. The van der Waals surface area contributed by atoms with Crippen LogP contribution in [-0.2, 0) is 16.7 Å². The summed E-state index contributed by atoms with van der Waals surface area (Å²) in [6.45, 7) is 6.84. The number of hydrogen-bond acceptors (Lipinski definition) is 2. The third kappa shape index (κ3) is 4.73. The fraction of sp³-hybridized carbons (Fsp3) is 0.500. The summed E-state index contributed by atoms with van der Waals surface area (Å²) in [5.74, 6) is 1.32. The first kappa shape index (κ1) is 20.8. The van der Waals surface area contributed by atoms with Crippen LogP contribution < -0.4 is 10.1 Å². The van der Waals surface area contributed by atoms with Crippen molar-refractivity contribution < 1.29 is 19.2 Å². The maximum Gasteiger partial charge on any atom is 0.132 e. The van der Waals surface area contributed by atoms with E-state index in [0.717, 1.165) is 43.7 Å². The lowest BCUT2D eigenvalue weighted by molar-refractivity contribution is -0.672. The highest BCUT2D eigenvalue weighted by atomic mass is 19.1. The number of rotatable bonds is 8. The van der Waals surface area contributed by atoms with E-state index in [9.17, 15) is 4.39 Å². The summed E-state index contributed by atoms with van der Waals surface area (Å²) in [4.78, 5) is 0. The molecule has 0 unspecified atom stereocenters. The second kappa shape index (κ2) is 9.53. The highest BCUT2D eigenvalue weighted by molar-refractivity contribution is 5.40. The van der Waals surface area contributed by atoms with Crippen molar-refractivity contribution in [1.82, 2.24) is 0 Å². The van der Waals surface area contributed by atoms with Crippen LogP contribution in [0.5, 0.6) is 5.75 Å². The first-order valence-electron chi connectivity index (χ1n) is 10.4. The van der Waals surface area contributed by atoms with Crippen molar-refractivity contribution >= 4 is 0 Å². The predicted molar refractivity (Wildman–Crippen MR) is 110 cm³/mol. The molecule has 4 heteroatoms.